The van der Waals surface area contributed by atoms with Gasteiger partial charge in [0.15, 0.2) is 0 Å². The molecule has 1 aromatic carbocycles. The molecule has 1 N–H and O–H groups in total. The van der Waals surface area contributed by atoms with Crippen molar-refractivity contribution in [1.82, 2.24) is 9.88 Å². The van der Waals surface area contributed by atoms with E-state index in [2.05, 4.69) is 29.2 Å². The summed E-state index contributed by atoms with van der Waals surface area (Å²) >= 11 is 0. The molecule has 0 spiro atoms. The minimum atomic E-state index is -0.435. The second-order valence-corrected chi connectivity index (χ2v) is 6.70. The summed E-state index contributed by atoms with van der Waals surface area (Å²) in [6.07, 6.45) is 2.75. The van der Waals surface area contributed by atoms with E-state index < -0.39 is 5.60 Å². The predicted molar refractivity (Wildman–Crippen MR) is 83.5 cm³/mol. The van der Waals surface area contributed by atoms with Crippen LogP contribution in [-0.2, 0) is 4.74 Å². The van der Waals surface area contributed by atoms with Crippen LogP contribution in [0.2, 0.25) is 0 Å². The normalized spacial score (nSPS) is 19.2. The lowest BCUT2D eigenvalue weighted by atomic mass is 9.95. The average Bonchev–Trinajstić information content (AvgIpc) is 3.05. The summed E-state index contributed by atoms with van der Waals surface area (Å²) in [5, 5.41) is 1.26. The van der Waals surface area contributed by atoms with E-state index in [0.29, 0.717) is 5.92 Å². The SMILES string of the molecule is CC(C)(C)OC(=O)N1CCC(c2cccc3[nH]ccc23)C1. The van der Waals surface area contributed by atoms with E-state index in [1.807, 2.05) is 31.9 Å². The Kier molecular flexibility index (Phi) is 3.40. The third-order valence-corrected chi connectivity index (χ3v) is 3.91. The van der Waals surface area contributed by atoms with E-state index in [9.17, 15) is 4.79 Å². The van der Waals surface area contributed by atoms with E-state index in [0.717, 1.165) is 25.0 Å². The molecule has 1 aliphatic heterocycles. The number of benzene rings is 1. The molecule has 1 aromatic heterocycles. The van der Waals surface area contributed by atoms with Crippen molar-refractivity contribution >= 4 is 17.0 Å². The summed E-state index contributed by atoms with van der Waals surface area (Å²) in [5.74, 6) is 0.386. The van der Waals surface area contributed by atoms with Crippen molar-refractivity contribution in [3.63, 3.8) is 0 Å². The van der Waals surface area contributed by atoms with Crippen molar-refractivity contribution in [3.05, 3.63) is 36.0 Å². The summed E-state index contributed by atoms with van der Waals surface area (Å²) in [5.41, 5.74) is 2.04. The average molecular weight is 286 g/mol. The van der Waals surface area contributed by atoms with E-state index >= 15 is 0 Å². The van der Waals surface area contributed by atoms with Gasteiger partial charge in [-0.25, -0.2) is 4.79 Å². The van der Waals surface area contributed by atoms with Crippen LogP contribution < -0.4 is 0 Å². The molecule has 3 rings (SSSR count). The number of ether oxygens (including phenoxy) is 1. The van der Waals surface area contributed by atoms with E-state index in [-0.39, 0.29) is 6.09 Å². The fraction of sp³-hybridized carbons (Fsp3) is 0.471. The van der Waals surface area contributed by atoms with Gasteiger partial charge in [-0.05, 0) is 44.9 Å². The Bertz CT molecular complexity index is 654. The summed E-state index contributed by atoms with van der Waals surface area (Å²) < 4.78 is 5.46. The molecule has 1 saturated heterocycles. The molecule has 0 radical (unpaired) electrons. The molecule has 1 amide bonds. The summed E-state index contributed by atoms with van der Waals surface area (Å²) in [6, 6.07) is 8.43. The standard InChI is InChI=1S/C17H22N2O2/c1-17(2,3)21-16(20)19-10-8-12(11-19)13-5-4-6-15-14(13)7-9-18-15/h4-7,9,12,18H,8,10-11H2,1-3H3. The number of hydrogen-bond donors (Lipinski definition) is 1. The Morgan fingerprint density at radius 3 is 2.90 bits per heavy atom. The third kappa shape index (κ3) is 2.89. The fourth-order valence-electron chi connectivity index (χ4n) is 2.97. The zero-order valence-corrected chi connectivity index (χ0v) is 12.8. The number of hydrogen-bond acceptors (Lipinski definition) is 2. The van der Waals surface area contributed by atoms with Crippen LogP contribution in [0.15, 0.2) is 30.5 Å². The molecule has 0 aliphatic carbocycles. The number of nitrogens with zero attached hydrogens (tertiary/aromatic N) is 1. The monoisotopic (exact) mass is 286 g/mol. The molecule has 2 heterocycles. The molecule has 1 atom stereocenters. The first kappa shape index (κ1) is 14.0. The highest BCUT2D eigenvalue weighted by atomic mass is 16.6. The van der Waals surface area contributed by atoms with Gasteiger partial charge in [0.05, 0.1) is 0 Å². The van der Waals surface area contributed by atoms with Crippen molar-refractivity contribution in [1.29, 1.82) is 0 Å². The number of amides is 1. The lowest BCUT2D eigenvalue weighted by molar-refractivity contribution is 0.0292. The first-order valence-corrected chi connectivity index (χ1v) is 7.48. The van der Waals surface area contributed by atoms with Gasteiger partial charge in [-0.2, -0.15) is 0 Å². The van der Waals surface area contributed by atoms with Crippen molar-refractivity contribution < 1.29 is 9.53 Å². The lowest BCUT2D eigenvalue weighted by Crippen LogP contribution is -2.35. The van der Waals surface area contributed by atoms with Crippen LogP contribution in [0.1, 0.15) is 38.7 Å². The molecule has 2 aromatic rings. The number of rotatable bonds is 1. The second kappa shape index (κ2) is 5.10. The Morgan fingerprint density at radius 2 is 2.14 bits per heavy atom. The molecule has 1 unspecified atom stereocenters. The van der Waals surface area contributed by atoms with Crippen LogP contribution in [0.3, 0.4) is 0 Å². The van der Waals surface area contributed by atoms with Crippen molar-refractivity contribution in [2.75, 3.05) is 13.1 Å². The smallest absolute Gasteiger partial charge is 0.410 e. The maximum Gasteiger partial charge on any atom is 0.410 e. The van der Waals surface area contributed by atoms with Gasteiger partial charge in [0.1, 0.15) is 5.60 Å². The minimum absolute atomic E-state index is 0.203. The van der Waals surface area contributed by atoms with Gasteiger partial charge in [-0.15, -0.1) is 0 Å². The van der Waals surface area contributed by atoms with Gasteiger partial charge in [-0.3, -0.25) is 0 Å². The van der Waals surface area contributed by atoms with E-state index in [1.54, 1.807) is 0 Å². The topological polar surface area (TPSA) is 45.3 Å². The number of fused-ring (bicyclic) bond motifs is 1. The van der Waals surface area contributed by atoms with E-state index in [4.69, 9.17) is 4.74 Å². The van der Waals surface area contributed by atoms with Gasteiger partial charge >= 0.3 is 6.09 Å². The number of nitrogens with one attached hydrogen (secondary N) is 1. The van der Waals surface area contributed by atoms with Gasteiger partial charge in [-0.1, -0.05) is 12.1 Å². The van der Waals surface area contributed by atoms with Crippen molar-refractivity contribution in [3.8, 4) is 0 Å². The summed E-state index contributed by atoms with van der Waals surface area (Å²) in [4.78, 5) is 17.2. The lowest BCUT2D eigenvalue weighted by Gasteiger charge is -2.24. The van der Waals surface area contributed by atoms with Crippen LogP contribution in [0, 0.1) is 0 Å². The number of H-pyrrole nitrogens is 1. The van der Waals surface area contributed by atoms with Crippen LogP contribution in [-0.4, -0.2) is 34.7 Å². The Balaban J connectivity index is 1.75. The Labute approximate surface area is 125 Å². The van der Waals surface area contributed by atoms with Crippen LogP contribution in [0.4, 0.5) is 4.79 Å². The number of carbonyl (C=O) groups is 1. The van der Waals surface area contributed by atoms with Gasteiger partial charge in [0.25, 0.3) is 0 Å². The van der Waals surface area contributed by atoms with Gasteiger partial charge < -0.3 is 14.6 Å². The zero-order chi connectivity index (χ0) is 15.0. The Hall–Kier alpha value is -1.97. The molecule has 4 nitrogen and oxygen atoms in total. The van der Waals surface area contributed by atoms with Gasteiger partial charge in [0, 0.05) is 36.1 Å². The predicted octanol–water partition coefficient (Wildman–Crippen LogP) is 3.89. The molecular formula is C17H22N2O2. The molecule has 0 saturated carbocycles. The number of aromatic amines is 1. The number of aromatic nitrogens is 1. The largest absolute Gasteiger partial charge is 0.444 e. The number of likely N-dealkylation sites (tertiary alicyclic amines) is 1. The first-order chi connectivity index (χ1) is 9.94. The third-order valence-electron chi connectivity index (χ3n) is 3.91. The molecular weight excluding hydrogens is 264 g/mol. The van der Waals surface area contributed by atoms with Crippen molar-refractivity contribution in [2.45, 2.75) is 38.7 Å². The first-order valence-electron chi connectivity index (χ1n) is 7.48. The van der Waals surface area contributed by atoms with Crippen LogP contribution >= 0.6 is 0 Å². The molecule has 1 fully saturated rings. The summed E-state index contributed by atoms with van der Waals surface area (Å²) in [7, 11) is 0. The molecule has 4 heteroatoms. The maximum atomic E-state index is 12.1. The second-order valence-electron chi connectivity index (χ2n) is 6.70. The molecule has 0 bridgehead atoms. The van der Waals surface area contributed by atoms with Crippen LogP contribution in [0.25, 0.3) is 10.9 Å². The summed E-state index contributed by atoms with van der Waals surface area (Å²) in [6.45, 7) is 7.20. The van der Waals surface area contributed by atoms with Gasteiger partial charge in [0.2, 0.25) is 0 Å². The van der Waals surface area contributed by atoms with Crippen LogP contribution in [0.5, 0.6) is 0 Å². The minimum Gasteiger partial charge on any atom is -0.444 e. The number of carbonyl (C=O) groups excluding carboxylic acids is 1. The maximum absolute atomic E-state index is 12.1. The quantitative estimate of drug-likeness (QED) is 0.864. The fourth-order valence-corrected chi connectivity index (χ4v) is 2.97. The highest BCUT2D eigenvalue weighted by Gasteiger charge is 2.31. The van der Waals surface area contributed by atoms with Crippen molar-refractivity contribution in [2.24, 2.45) is 0 Å². The highest BCUT2D eigenvalue weighted by molar-refractivity contribution is 5.83. The Morgan fingerprint density at radius 1 is 1.33 bits per heavy atom. The highest BCUT2D eigenvalue weighted by Crippen LogP contribution is 2.32. The molecule has 21 heavy (non-hydrogen) atoms. The molecule has 112 valence electrons. The van der Waals surface area contributed by atoms with E-state index in [1.165, 1.54) is 10.9 Å². The zero-order valence-electron chi connectivity index (χ0n) is 12.8. The molecule has 1 aliphatic rings.